The first-order chi connectivity index (χ1) is 32.8. The van der Waals surface area contributed by atoms with Gasteiger partial charge >= 0.3 is 0 Å². The quantitative estimate of drug-likeness (QED) is 0.0395. The maximum absolute atomic E-state index is 2.29. The van der Waals surface area contributed by atoms with Gasteiger partial charge in [-0.3, -0.25) is 0 Å². The molecule has 3 heterocycles. The minimum Gasteiger partial charge on any atom is -1.00 e. The van der Waals surface area contributed by atoms with Gasteiger partial charge in [0.25, 0.3) is 0 Å². The Morgan fingerprint density at radius 1 is 0.174 bits per heavy atom. The molecule has 0 bridgehead atoms. The lowest BCUT2D eigenvalue weighted by Gasteiger charge is -2.02. The Labute approximate surface area is 450 Å². The summed E-state index contributed by atoms with van der Waals surface area (Å²) in [5.74, 6) is 0. The van der Waals surface area contributed by atoms with Gasteiger partial charge in [0.1, 0.15) is 19.6 Å². The molecule has 0 atom stereocenters. The third kappa shape index (κ3) is 55.5. The van der Waals surface area contributed by atoms with Gasteiger partial charge in [-0.1, -0.05) is 270 Å². The largest absolute Gasteiger partial charge is 1.00 e. The van der Waals surface area contributed by atoms with E-state index in [-0.39, 0.29) is 37.2 Å². The zero-order valence-corrected chi connectivity index (χ0v) is 48.2. The molecule has 0 amide bonds. The normalized spacial score (nSPS) is 10.5. The number of rotatable bonds is 45. The van der Waals surface area contributed by atoms with E-state index in [1.807, 2.05) is 0 Å². The van der Waals surface area contributed by atoms with E-state index in [2.05, 4.69) is 126 Å². The number of unbranched alkanes of at least 4 members (excludes halogenated alkanes) is 39. The molecule has 0 unspecified atom stereocenters. The summed E-state index contributed by atoms with van der Waals surface area (Å²) in [7, 11) is 0. The summed E-state index contributed by atoms with van der Waals surface area (Å²) in [5.41, 5.74) is 0. The zero-order valence-electron chi connectivity index (χ0n) is 46.0. The summed E-state index contributed by atoms with van der Waals surface area (Å²) in [6, 6.07) is 18.9. The lowest BCUT2D eigenvalue weighted by atomic mass is 10.0. The molecule has 402 valence electrons. The average molecular weight is 1020 g/mol. The van der Waals surface area contributed by atoms with Crippen LogP contribution in [0.1, 0.15) is 290 Å². The molecule has 3 aromatic heterocycles. The van der Waals surface area contributed by atoms with Gasteiger partial charge in [0.05, 0.1) is 0 Å². The maximum Gasteiger partial charge on any atom is 0.168 e. The summed E-state index contributed by atoms with van der Waals surface area (Å²) in [4.78, 5) is 0. The van der Waals surface area contributed by atoms with Crippen molar-refractivity contribution in [3.05, 3.63) is 91.8 Å². The molecule has 69 heavy (non-hydrogen) atoms. The SMILES string of the molecule is CCCCCCCCCCCCCCCC[n+]1ccccc1.CCCCCCCCCCCCCCCC[n+]1ccccc1.CCCCCCCCCCCCCCCC[n+]1ccccc1.[Cl-].[Cl-].[Cl-]. The highest BCUT2D eigenvalue weighted by atomic mass is 35.5. The standard InChI is InChI=1S/3C21H38N.3ClH/c3*1-2-3-4-5-6-7-8-9-10-11-12-13-14-16-19-22-20-17-15-18-21-22;;;/h3*15,17-18,20-21H,2-14,16,19H2,1H3;3*1H/q3*+1;;;/p-3. The number of hydrogen-bond donors (Lipinski definition) is 0. The van der Waals surface area contributed by atoms with Crippen LogP contribution in [0.4, 0.5) is 0 Å². The second-order valence-corrected chi connectivity index (χ2v) is 20.1. The van der Waals surface area contributed by atoms with Crippen molar-refractivity contribution in [2.45, 2.75) is 310 Å². The molecule has 0 saturated carbocycles. The first-order valence-electron chi connectivity index (χ1n) is 29.6. The fraction of sp³-hybridized carbons (Fsp3) is 0.762. The maximum atomic E-state index is 2.29. The highest BCUT2D eigenvalue weighted by Crippen LogP contribution is 2.16. The van der Waals surface area contributed by atoms with E-state index in [0.717, 1.165) is 0 Å². The molecule has 0 aliphatic carbocycles. The predicted octanol–water partition coefficient (Wildman–Crippen LogP) is 10.4. The highest BCUT2D eigenvalue weighted by Gasteiger charge is 2.01. The van der Waals surface area contributed by atoms with Crippen molar-refractivity contribution in [1.82, 2.24) is 0 Å². The average Bonchev–Trinajstić information content (AvgIpc) is 3.35. The molecular formula is C63H114Cl3N3. The Bertz CT molecular complexity index is 1140. The van der Waals surface area contributed by atoms with E-state index in [0.29, 0.717) is 0 Å². The summed E-state index contributed by atoms with van der Waals surface area (Å²) < 4.78 is 6.88. The number of nitrogens with zero attached hydrogens (tertiary/aromatic N) is 3. The monoisotopic (exact) mass is 1020 g/mol. The van der Waals surface area contributed by atoms with Gasteiger partial charge in [-0.05, 0) is 19.3 Å². The molecule has 0 aromatic carbocycles. The number of aromatic nitrogens is 3. The molecule has 0 spiro atoms. The van der Waals surface area contributed by atoms with E-state index in [1.165, 1.54) is 289 Å². The number of halogens is 3. The molecule has 3 nitrogen and oxygen atoms in total. The molecule has 0 N–H and O–H groups in total. The number of pyridine rings is 3. The van der Waals surface area contributed by atoms with E-state index in [1.54, 1.807) is 0 Å². The summed E-state index contributed by atoms with van der Waals surface area (Å²) in [6.07, 6.45) is 73.3. The van der Waals surface area contributed by atoms with Crippen molar-refractivity contribution < 1.29 is 50.9 Å². The smallest absolute Gasteiger partial charge is 0.168 e. The van der Waals surface area contributed by atoms with E-state index < -0.39 is 0 Å². The third-order valence-electron chi connectivity index (χ3n) is 13.6. The van der Waals surface area contributed by atoms with Crippen LogP contribution in [0.5, 0.6) is 0 Å². The van der Waals surface area contributed by atoms with Gasteiger partial charge < -0.3 is 37.2 Å². The van der Waals surface area contributed by atoms with Crippen molar-refractivity contribution in [3.8, 4) is 0 Å². The van der Waals surface area contributed by atoms with Crippen LogP contribution < -0.4 is 50.9 Å². The molecule has 6 heteroatoms. The van der Waals surface area contributed by atoms with Crippen molar-refractivity contribution in [2.75, 3.05) is 0 Å². The summed E-state index contributed by atoms with van der Waals surface area (Å²) in [5, 5.41) is 0. The number of hydrogen-bond acceptors (Lipinski definition) is 0. The van der Waals surface area contributed by atoms with Gasteiger partial charge in [-0.2, -0.15) is 0 Å². The van der Waals surface area contributed by atoms with Gasteiger partial charge in [-0.15, -0.1) is 0 Å². The second kappa shape index (κ2) is 62.4. The van der Waals surface area contributed by atoms with E-state index in [9.17, 15) is 0 Å². The van der Waals surface area contributed by atoms with Crippen molar-refractivity contribution >= 4 is 0 Å². The molecular weight excluding hydrogens is 905 g/mol. The molecule has 0 aliphatic heterocycles. The Morgan fingerprint density at radius 3 is 0.449 bits per heavy atom. The highest BCUT2D eigenvalue weighted by molar-refractivity contribution is 4.84. The van der Waals surface area contributed by atoms with Crippen LogP contribution >= 0.6 is 0 Å². The minimum absolute atomic E-state index is 0. The Kier molecular flexibility index (Phi) is 64.8. The van der Waals surface area contributed by atoms with Crippen molar-refractivity contribution in [1.29, 1.82) is 0 Å². The van der Waals surface area contributed by atoms with Crippen LogP contribution in [0.2, 0.25) is 0 Å². The lowest BCUT2D eigenvalue weighted by Crippen LogP contribution is -3.00. The van der Waals surface area contributed by atoms with Crippen LogP contribution in [-0.2, 0) is 19.6 Å². The Morgan fingerprint density at radius 2 is 0.304 bits per heavy atom. The zero-order chi connectivity index (χ0) is 47.2. The summed E-state index contributed by atoms with van der Waals surface area (Å²) >= 11 is 0. The van der Waals surface area contributed by atoms with Gasteiger partial charge in [-0.25, -0.2) is 13.7 Å². The molecule has 3 rings (SSSR count). The van der Waals surface area contributed by atoms with Crippen LogP contribution in [0.3, 0.4) is 0 Å². The fourth-order valence-corrected chi connectivity index (χ4v) is 9.22. The molecule has 0 aliphatic rings. The minimum atomic E-state index is 0. The van der Waals surface area contributed by atoms with E-state index in [4.69, 9.17) is 0 Å². The first kappa shape index (κ1) is 71.6. The fourth-order valence-electron chi connectivity index (χ4n) is 9.22. The molecule has 0 saturated heterocycles. The van der Waals surface area contributed by atoms with Crippen LogP contribution in [0.25, 0.3) is 0 Å². The second-order valence-electron chi connectivity index (χ2n) is 20.1. The Balaban J connectivity index is -0.000000927. The van der Waals surface area contributed by atoms with Gasteiger partial charge in [0.2, 0.25) is 0 Å². The summed E-state index contributed by atoms with van der Waals surface area (Å²) in [6.45, 7) is 10.4. The molecule has 0 fully saturated rings. The lowest BCUT2D eigenvalue weighted by molar-refractivity contribution is -0.697. The van der Waals surface area contributed by atoms with Crippen molar-refractivity contribution in [3.63, 3.8) is 0 Å². The molecule has 3 aromatic rings. The first-order valence-corrected chi connectivity index (χ1v) is 29.6. The predicted molar refractivity (Wildman–Crippen MR) is 291 cm³/mol. The topological polar surface area (TPSA) is 11.6 Å². The van der Waals surface area contributed by atoms with E-state index >= 15 is 0 Å². The van der Waals surface area contributed by atoms with Gasteiger partial charge in [0.15, 0.2) is 37.2 Å². The van der Waals surface area contributed by atoms with Crippen LogP contribution in [0.15, 0.2) is 91.8 Å². The van der Waals surface area contributed by atoms with Crippen LogP contribution in [-0.4, -0.2) is 0 Å². The number of aryl methyl sites for hydroxylation is 3. The van der Waals surface area contributed by atoms with Crippen LogP contribution in [0, 0.1) is 0 Å². The van der Waals surface area contributed by atoms with Crippen molar-refractivity contribution in [2.24, 2.45) is 0 Å². The molecule has 0 radical (unpaired) electrons. The van der Waals surface area contributed by atoms with Gasteiger partial charge in [0, 0.05) is 55.7 Å². The third-order valence-corrected chi connectivity index (χ3v) is 13.6. The Hall–Kier alpha value is -1.68.